The highest BCUT2D eigenvalue weighted by molar-refractivity contribution is 14.1. The number of nitrogens with zero attached hydrogens (tertiary/aromatic N) is 3. The van der Waals surface area contributed by atoms with E-state index in [1.807, 2.05) is 56.4 Å². The number of piperidine rings is 2. The lowest BCUT2D eigenvalue weighted by molar-refractivity contribution is -0.131. The first-order valence-corrected chi connectivity index (χ1v) is 17.6. The van der Waals surface area contributed by atoms with Gasteiger partial charge >= 0.3 is 0 Å². The maximum absolute atomic E-state index is 13.4. The van der Waals surface area contributed by atoms with Crippen molar-refractivity contribution in [1.29, 1.82) is 0 Å². The van der Waals surface area contributed by atoms with Crippen molar-refractivity contribution in [3.05, 3.63) is 63.8 Å². The normalized spacial score (nSPS) is 19.2. The van der Waals surface area contributed by atoms with Crippen molar-refractivity contribution < 1.29 is 27.5 Å². The second-order valence-electron chi connectivity index (χ2n) is 11.1. The fraction of sp³-hybridized carbons (Fsp3) is 0.484. The van der Waals surface area contributed by atoms with Gasteiger partial charge in [0, 0.05) is 56.0 Å². The Balaban J connectivity index is 1.20. The van der Waals surface area contributed by atoms with Gasteiger partial charge in [-0.15, -0.1) is 0 Å². The molecule has 3 aliphatic rings. The molecule has 0 aliphatic carbocycles. The number of halogens is 1. The summed E-state index contributed by atoms with van der Waals surface area (Å²) >= 11 is 2.14. The third-order valence-electron chi connectivity index (χ3n) is 8.29. The molecule has 2 aromatic carbocycles. The molecule has 0 N–H and O–H groups in total. The Bertz CT molecular complexity index is 1420. The van der Waals surface area contributed by atoms with Crippen molar-refractivity contribution in [2.24, 2.45) is 0 Å². The minimum atomic E-state index is -3.19. The van der Waals surface area contributed by atoms with Crippen molar-refractivity contribution in [2.75, 3.05) is 43.9 Å². The fourth-order valence-corrected chi connectivity index (χ4v) is 7.12. The van der Waals surface area contributed by atoms with Crippen LogP contribution in [0.5, 0.6) is 11.5 Å². The van der Waals surface area contributed by atoms with Crippen LogP contribution in [0.1, 0.15) is 43.2 Å². The zero-order valence-electron chi connectivity index (χ0n) is 23.9. The summed E-state index contributed by atoms with van der Waals surface area (Å²) in [5, 5.41) is 0. The Hall–Kier alpha value is -2.64. The highest BCUT2D eigenvalue weighted by atomic mass is 127. The molecule has 0 atom stereocenters. The van der Waals surface area contributed by atoms with Crippen LogP contribution in [-0.4, -0.2) is 80.6 Å². The maximum Gasteiger partial charge on any atom is 0.227 e. The van der Waals surface area contributed by atoms with E-state index in [1.54, 1.807) is 0 Å². The average Bonchev–Trinajstić information content (AvgIpc) is 2.98. The van der Waals surface area contributed by atoms with Gasteiger partial charge in [-0.2, -0.15) is 0 Å². The van der Waals surface area contributed by atoms with Gasteiger partial charge in [-0.3, -0.25) is 9.59 Å². The number of amides is 2. The predicted molar refractivity (Wildman–Crippen MR) is 171 cm³/mol. The van der Waals surface area contributed by atoms with Gasteiger partial charge < -0.3 is 19.3 Å². The van der Waals surface area contributed by atoms with Gasteiger partial charge in [0.1, 0.15) is 24.2 Å². The summed E-state index contributed by atoms with van der Waals surface area (Å²) in [7, 11) is -3.19. The number of benzene rings is 2. The van der Waals surface area contributed by atoms with E-state index >= 15 is 0 Å². The van der Waals surface area contributed by atoms with Crippen molar-refractivity contribution in [2.45, 2.75) is 57.1 Å². The summed E-state index contributed by atoms with van der Waals surface area (Å²) in [6.45, 7) is 2.47. The molecule has 2 aromatic rings. The number of rotatable bonds is 9. The van der Waals surface area contributed by atoms with E-state index in [2.05, 4.69) is 28.7 Å². The quantitative estimate of drug-likeness (QED) is 0.361. The molecule has 2 amide bonds. The number of carbonyl (C=O) groups excluding carboxylic acids is 2. The first-order valence-electron chi connectivity index (χ1n) is 14.5. The smallest absolute Gasteiger partial charge is 0.227 e. The Morgan fingerprint density at radius 3 is 2.48 bits per heavy atom. The number of hydrogen-bond acceptors (Lipinski definition) is 6. The van der Waals surface area contributed by atoms with Crippen LogP contribution in [-0.2, 0) is 32.5 Å². The number of fused-ring (bicyclic) bond motifs is 1. The Kier molecular flexibility index (Phi) is 10.1. The summed E-state index contributed by atoms with van der Waals surface area (Å²) < 4.78 is 39.2. The summed E-state index contributed by atoms with van der Waals surface area (Å²) in [6, 6.07) is 13.8. The van der Waals surface area contributed by atoms with Crippen molar-refractivity contribution in [1.82, 2.24) is 9.21 Å². The van der Waals surface area contributed by atoms with Crippen LogP contribution in [0.3, 0.4) is 0 Å². The second-order valence-corrected chi connectivity index (χ2v) is 13.8. The van der Waals surface area contributed by atoms with Gasteiger partial charge in [-0.05, 0) is 60.0 Å². The van der Waals surface area contributed by atoms with Crippen LogP contribution in [0.15, 0.2) is 52.6 Å². The molecule has 0 bridgehead atoms. The standard InChI is InChI=1S/C31H38IN3O6S/c1-42(38,39)34-18-13-26(14-19-34)41-27-9-7-24(29(22-27)40-20-4-15-32)21-31(37)33-16-11-25(12-17-33)35-28-6-3-2-5-23(28)8-10-30(35)36/h2-7,9,15,22,25-26H,8,10-14,16-21H2,1H3/b15-4+. The Morgan fingerprint density at radius 1 is 1.02 bits per heavy atom. The summed E-state index contributed by atoms with van der Waals surface area (Å²) in [5.74, 6) is 1.46. The molecule has 226 valence electrons. The molecule has 0 unspecified atom stereocenters. The molecule has 2 saturated heterocycles. The van der Waals surface area contributed by atoms with Crippen molar-refractivity contribution >= 4 is 50.1 Å². The largest absolute Gasteiger partial charge is 0.490 e. The minimum absolute atomic E-state index is 0.0370. The maximum atomic E-state index is 13.4. The molecular formula is C31H38IN3O6S. The highest BCUT2D eigenvalue weighted by Crippen LogP contribution is 2.33. The Morgan fingerprint density at radius 2 is 1.76 bits per heavy atom. The van der Waals surface area contributed by atoms with E-state index in [1.165, 1.54) is 16.1 Å². The van der Waals surface area contributed by atoms with E-state index in [4.69, 9.17) is 9.47 Å². The third kappa shape index (κ3) is 7.46. The van der Waals surface area contributed by atoms with E-state index in [9.17, 15) is 18.0 Å². The lowest BCUT2D eigenvalue weighted by Gasteiger charge is -2.41. The predicted octanol–water partition coefficient (Wildman–Crippen LogP) is 4.33. The van der Waals surface area contributed by atoms with Gasteiger partial charge in [0.25, 0.3) is 0 Å². The number of anilines is 1. The van der Waals surface area contributed by atoms with Gasteiger partial charge in [0.2, 0.25) is 21.8 Å². The fourth-order valence-electron chi connectivity index (χ4n) is 6.04. The van der Waals surface area contributed by atoms with Gasteiger partial charge in [0.15, 0.2) is 0 Å². The summed E-state index contributed by atoms with van der Waals surface area (Å²) in [4.78, 5) is 30.1. The van der Waals surface area contributed by atoms with E-state index in [0.29, 0.717) is 63.5 Å². The number of hydrogen-bond donors (Lipinski definition) is 0. The number of carbonyl (C=O) groups is 2. The van der Waals surface area contributed by atoms with E-state index in [-0.39, 0.29) is 30.4 Å². The molecular weight excluding hydrogens is 669 g/mol. The minimum Gasteiger partial charge on any atom is -0.490 e. The van der Waals surface area contributed by atoms with Crippen LogP contribution in [0.2, 0.25) is 0 Å². The monoisotopic (exact) mass is 707 g/mol. The number of para-hydroxylation sites is 1. The zero-order chi connectivity index (χ0) is 29.7. The number of ether oxygens (including phenoxy) is 2. The van der Waals surface area contributed by atoms with Crippen molar-refractivity contribution in [3.8, 4) is 11.5 Å². The first kappa shape index (κ1) is 30.8. The molecule has 42 heavy (non-hydrogen) atoms. The topological polar surface area (TPSA) is 96.5 Å². The summed E-state index contributed by atoms with van der Waals surface area (Å²) in [6.07, 6.45) is 7.31. The van der Waals surface area contributed by atoms with E-state index in [0.717, 1.165) is 30.5 Å². The number of sulfonamides is 1. The van der Waals surface area contributed by atoms with Gasteiger partial charge in [-0.1, -0.05) is 46.9 Å². The molecule has 3 heterocycles. The molecule has 0 spiro atoms. The SMILES string of the molecule is CS(=O)(=O)N1CCC(Oc2ccc(CC(=O)N3CCC(N4C(=O)CCc5ccccc54)CC3)c(OC/C=C/I)c2)CC1. The van der Waals surface area contributed by atoms with Crippen LogP contribution in [0.25, 0.3) is 0 Å². The average molecular weight is 708 g/mol. The van der Waals surface area contributed by atoms with Crippen LogP contribution < -0.4 is 14.4 Å². The third-order valence-corrected chi connectivity index (χ3v) is 10.1. The lowest BCUT2D eigenvalue weighted by Crippen LogP contribution is -2.50. The molecule has 0 aromatic heterocycles. The van der Waals surface area contributed by atoms with Crippen LogP contribution in [0.4, 0.5) is 5.69 Å². The molecule has 11 heteroatoms. The molecule has 9 nitrogen and oxygen atoms in total. The highest BCUT2D eigenvalue weighted by Gasteiger charge is 2.34. The number of aryl methyl sites for hydroxylation is 1. The van der Waals surface area contributed by atoms with Crippen molar-refractivity contribution in [3.63, 3.8) is 0 Å². The Labute approximate surface area is 262 Å². The van der Waals surface area contributed by atoms with Crippen LogP contribution >= 0.6 is 22.6 Å². The molecule has 2 fully saturated rings. The first-order chi connectivity index (χ1) is 20.2. The summed E-state index contributed by atoms with van der Waals surface area (Å²) in [5.41, 5.74) is 3.03. The zero-order valence-corrected chi connectivity index (χ0v) is 26.9. The molecule has 0 saturated carbocycles. The van der Waals surface area contributed by atoms with Gasteiger partial charge in [-0.25, -0.2) is 12.7 Å². The van der Waals surface area contributed by atoms with Gasteiger partial charge in [0.05, 0.1) is 12.7 Å². The lowest BCUT2D eigenvalue weighted by atomic mass is 9.95. The van der Waals surface area contributed by atoms with E-state index < -0.39 is 10.0 Å². The number of likely N-dealkylation sites (tertiary alicyclic amines) is 1. The second kappa shape index (κ2) is 13.8. The van der Waals surface area contributed by atoms with Crippen LogP contribution in [0, 0.1) is 0 Å². The molecule has 3 aliphatic heterocycles. The molecule has 5 rings (SSSR count). The molecule has 0 radical (unpaired) electrons.